The van der Waals surface area contributed by atoms with E-state index in [4.69, 9.17) is 10.1 Å². The maximum atomic E-state index is 13.6. The number of methoxy groups -OCH3 is 1. The molecule has 196 valence electrons. The maximum absolute atomic E-state index is 13.6. The topological polar surface area (TPSA) is 73.6 Å². The average Bonchev–Trinajstić information content (AvgIpc) is 3.07. The fourth-order valence-corrected chi connectivity index (χ4v) is 5.35. The van der Waals surface area contributed by atoms with Crippen LogP contribution in [0.4, 0.5) is 0 Å². The van der Waals surface area contributed by atoms with Crippen LogP contribution in [0.25, 0.3) is 0 Å². The van der Waals surface area contributed by atoms with Crippen molar-refractivity contribution < 1.29 is 14.6 Å². The van der Waals surface area contributed by atoms with Crippen LogP contribution < -0.4 is 4.74 Å². The Balaban J connectivity index is 1.89. The van der Waals surface area contributed by atoms with E-state index < -0.39 is 0 Å². The van der Waals surface area contributed by atoms with E-state index >= 15 is 0 Å². The zero-order valence-electron chi connectivity index (χ0n) is 23.4. The second-order valence-electron chi connectivity index (χ2n) is 12.3. The molecule has 1 fully saturated rings. The van der Waals surface area contributed by atoms with Crippen LogP contribution in [-0.2, 0) is 17.3 Å². The van der Waals surface area contributed by atoms with Crippen molar-refractivity contribution in [2.75, 3.05) is 20.2 Å². The number of likely N-dealkylation sites (tertiary alicyclic amines) is 1. The molecule has 5 heteroatoms. The molecular weight excluding hydrogens is 448 g/mol. The van der Waals surface area contributed by atoms with Crippen molar-refractivity contribution >= 4 is 11.6 Å². The molecule has 0 radical (unpaired) electrons. The zero-order chi connectivity index (χ0) is 26.8. The molecule has 1 heterocycles. The van der Waals surface area contributed by atoms with Crippen LogP contribution in [0.2, 0.25) is 0 Å². The molecule has 5 nitrogen and oxygen atoms in total. The first-order chi connectivity index (χ1) is 16.8. The molecule has 0 aromatic heterocycles. The van der Waals surface area contributed by atoms with E-state index in [1.807, 2.05) is 35.2 Å². The monoisotopic (exact) mass is 492 g/mol. The molecule has 0 saturated carbocycles. The summed E-state index contributed by atoms with van der Waals surface area (Å²) in [6, 6.07) is 11.7. The summed E-state index contributed by atoms with van der Waals surface area (Å²) in [5.41, 5.74) is 2.68. The summed E-state index contributed by atoms with van der Waals surface area (Å²) in [6.45, 7) is 15.4. The van der Waals surface area contributed by atoms with Gasteiger partial charge in [0.2, 0.25) is 0 Å². The zero-order valence-corrected chi connectivity index (χ0v) is 23.4. The molecule has 2 N–H and O–H groups in total. The molecule has 1 saturated heterocycles. The highest BCUT2D eigenvalue weighted by molar-refractivity contribution is 6.01. The Labute approximate surface area is 217 Å². The van der Waals surface area contributed by atoms with Gasteiger partial charge in [0, 0.05) is 29.2 Å². The lowest BCUT2D eigenvalue weighted by molar-refractivity contribution is 0.0963. The quantitative estimate of drug-likeness (QED) is 0.400. The van der Waals surface area contributed by atoms with Gasteiger partial charge >= 0.3 is 0 Å². The molecule has 0 aliphatic carbocycles. The molecule has 1 aliphatic heterocycles. The van der Waals surface area contributed by atoms with E-state index in [-0.39, 0.29) is 34.8 Å². The van der Waals surface area contributed by atoms with Crippen LogP contribution in [0.1, 0.15) is 88.4 Å². The van der Waals surface area contributed by atoms with E-state index in [0.717, 1.165) is 41.7 Å². The minimum absolute atomic E-state index is 0.0102. The number of hydrogen-bond donors (Lipinski definition) is 2. The predicted octanol–water partition coefficient (Wildman–Crippen LogP) is 6.75. The second kappa shape index (κ2) is 10.7. The van der Waals surface area contributed by atoms with Crippen molar-refractivity contribution in [1.82, 2.24) is 4.90 Å². The molecule has 0 spiro atoms. The lowest BCUT2D eigenvalue weighted by Crippen LogP contribution is -2.33. The first-order valence-corrected chi connectivity index (χ1v) is 13.1. The number of nitrogens with one attached hydrogen (secondary N) is 1. The molecule has 3 rings (SSSR count). The van der Waals surface area contributed by atoms with Gasteiger partial charge in [-0.3, -0.25) is 10.2 Å². The molecule has 1 aliphatic rings. The SMILES string of the molecule is CCCC1CN(CC(=O)c2cc(C(C)(C)C)c(O)c(C(C)(C)C)c2)C(=N)C1Cc1ccccc1OC. The summed E-state index contributed by atoms with van der Waals surface area (Å²) in [6.07, 6.45) is 2.80. The number of hydrogen-bond acceptors (Lipinski definition) is 4. The summed E-state index contributed by atoms with van der Waals surface area (Å²) in [4.78, 5) is 15.6. The third kappa shape index (κ3) is 5.93. The Kier molecular flexibility index (Phi) is 8.22. The van der Waals surface area contributed by atoms with Crippen LogP contribution in [0.15, 0.2) is 36.4 Å². The number of Topliss-reactive ketones (excluding diaryl/α,β-unsaturated/α-hetero) is 1. The predicted molar refractivity (Wildman–Crippen MR) is 148 cm³/mol. The van der Waals surface area contributed by atoms with E-state index in [0.29, 0.717) is 23.9 Å². The molecule has 0 bridgehead atoms. The van der Waals surface area contributed by atoms with Crippen molar-refractivity contribution in [1.29, 1.82) is 5.41 Å². The first kappa shape index (κ1) is 27.8. The van der Waals surface area contributed by atoms with Crippen LogP contribution in [0, 0.1) is 17.2 Å². The van der Waals surface area contributed by atoms with Crippen molar-refractivity contribution in [3.8, 4) is 11.5 Å². The minimum atomic E-state index is -0.299. The highest BCUT2D eigenvalue weighted by Gasteiger charge is 2.38. The van der Waals surface area contributed by atoms with Crippen molar-refractivity contribution in [2.24, 2.45) is 11.8 Å². The Morgan fingerprint density at radius 3 is 2.19 bits per heavy atom. The van der Waals surface area contributed by atoms with E-state index in [1.165, 1.54) is 0 Å². The maximum Gasteiger partial charge on any atom is 0.182 e. The number of nitrogens with zero attached hydrogens (tertiary/aromatic N) is 1. The Bertz CT molecular complexity index is 1070. The van der Waals surface area contributed by atoms with Gasteiger partial charge in [-0.05, 0) is 53.4 Å². The summed E-state index contributed by atoms with van der Waals surface area (Å²) in [5, 5.41) is 20.1. The summed E-state index contributed by atoms with van der Waals surface area (Å²) >= 11 is 0. The number of rotatable bonds is 8. The summed E-state index contributed by atoms with van der Waals surface area (Å²) < 4.78 is 5.56. The highest BCUT2D eigenvalue weighted by atomic mass is 16.5. The van der Waals surface area contributed by atoms with Gasteiger partial charge in [0.25, 0.3) is 0 Å². The molecule has 2 aromatic carbocycles. The van der Waals surface area contributed by atoms with Gasteiger partial charge in [0.05, 0.1) is 13.7 Å². The van der Waals surface area contributed by atoms with Gasteiger partial charge in [-0.2, -0.15) is 0 Å². The number of ketones is 1. The fraction of sp³-hybridized carbons (Fsp3) is 0.548. The van der Waals surface area contributed by atoms with E-state index in [1.54, 1.807) is 7.11 Å². The molecule has 2 aromatic rings. The first-order valence-electron chi connectivity index (χ1n) is 13.1. The second-order valence-corrected chi connectivity index (χ2v) is 12.3. The van der Waals surface area contributed by atoms with Gasteiger partial charge in [0.15, 0.2) is 5.78 Å². The standard InChI is InChI=1S/C31H44N2O3/c1-9-12-21-18-33(29(32)23(21)15-20-13-10-11-14-27(20)36-8)19-26(34)22-16-24(30(2,3)4)28(35)25(17-22)31(5,6)7/h10-11,13-14,16-17,21,23,32,35H,9,12,15,18-19H2,1-8H3. The average molecular weight is 493 g/mol. The van der Waals surface area contributed by atoms with E-state index in [2.05, 4.69) is 54.5 Å². The number of phenolic OH excluding ortho intramolecular Hbond substituents is 1. The Hall–Kier alpha value is -2.82. The van der Waals surface area contributed by atoms with Crippen molar-refractivity contribution in [3.63, 3.8) is 0 Å². The third-order valence-corrected chi connectivity index (χ3v) is 7.39. The fourth-order valence-electron chi connectivity index (χ4n) is 5.35. The van der Waals surface area contributed by atoms with Crippen LogP contribution in [0.3, 0.4) is 0 Å². The van der Waals surface area contributed by atoms with Gasteiger partial charge in [-0.15, -0.1) is 0 Å². The van der Waals surface area contributed by atoms with E-state index in [9.17, 15) is 9.90 Å². The number of aromatic hydroxyl groups is 1. The Morgan fingerprint density at radius 2 is 1.67 bits per heavy atom. The Morgan fingerprint density at radius 1 is 1.08 bits per heavy atom. The number of ether oxygens (including phenoxy) is 1. The lowest BCUT2D eigenvalue weighted by Gasteiger charge is -2.28. The van der Waals surface area contributed by atoms with Crippen molar-refractivity contribution in [3.05, 3.63) is 58.7 Å². The van der Waals surface area contributed by atoms with Gasteiger partial charge in [-0.25, -0.2) is 0 Å². The van der Waals surface area contributed by atoms with Crippen LogP contribution in [0.5, 0.6) is 11.5 Å². The van der Waals surface area contributed by atoms with Gasteiger partial charge in [-0.1, -0.05) is 73.1 Å². The van der Waals surface area contributed by atoms with Crippen molar-refractivity contribution in [2.45, 2.75) is 78.6 Å². The number of carbonyl (C=O) groups is 1. The third-order valence-electron chi connectivity index (χ3n) is 7.39. The largest absolute Gasteiger partial charge is 0.507 e. The molecule has 2 unspecified atom stereocenters. The molecule has 36 heavy (non-hydrogen) atoms. The number of carbonyl (C=O) groups excluding carboxylic acids is 1. The highest BCUT2D eigenvalue weighted by Crippen LogP contribution is 2.40. The number of amidine groups is 1. The molecular formula is C31H44N2O3. The summed E-state index contributed by atoms with van der Waals surface area (Å²) in [7, 11) is 1.68. The molecule has 2 atom stereocenters. The summed E-state index contributed by atoms with van der Waals surface area (Å²) in [5.74, 6) is 2.05. The lowest BCUT2D eigenvalue weighted by atomic mass is 9.78. The normalized spacial score (nSPS) is 18.6. The number of para-hydroxylation sites is 1. The number of phenols is 1. The van der Waals surface area contributed by atoms with Gasteiger partial charge < -0.3 is 14.7 Å². The number of benzene rings is 2. The minimum Gasteiger partial charge on any atom is -0.507 e. The molecule has 0 amide bonds. The van der Waals surface area contributed by atoms with Gasteiger partial charge in [0.1, 0.15) is 17.3 Å². The van der Waals surface area contributed by atoms with Crippen LogP contribution >= 0.6 is 0 Å². The van der Waals surface area contributed by atoms with Crippen LogP contribution in [-0.4, -0.2) is 41.8 Å². The smallest absolute Gasteiger partial charge is 0.182 e.